The fourth-order valence-electron chi connectivity index (χ4n) is 2.33. The topological polar surface area (TPSA) is 43.0 Å². The summed E-state index contributed by atoms with van der Waals surface area (Å²) in [7, 11) is 0. The number of hydrogen-bond acceptors (Lipinski definition) is 3. The minimum absolute atomic E-state index is 0.713. The highest BCUT2D eigenvalue weighted by atomic mass is 16.3. The molecule has 0 atom stereocenters. The van der Waals surface area contributed by atoms with Gasteiger partial charge in [0.1, 0.15) is 11.6 Å². The lowest BCUT2D eigenvalue weighted by Gasteiger charge is -2.10. The first-order valence-electron chi connectivity index (χ1n) is 7.10. The summed E-state index contributed by atoms with van der Waals surface area (Å²) in [5.41, 5.74) is 2.63. The number of benzene rings is 1. The smallest absolute Gasteiger partial charge is 0.122 e. The van der Waals surface area contributed by atoms with E-state index in [1.54, 1.807) is 6.26 Å². The Morgan fingerprint density at radius 3 is 2.86 bits per heavy atom. The van der Waals surface area contributed by atoms with Crippen molar-refractivity contribution >= 4 is 0 Å². The van der Waals surface area contributed by atoms with Crippen molar-refractivity contribution in [2.45, 2.75) is 26.6 Å². The summed E-state index contributed by atoms with van der Waals surface area (Å²) in [6.45, 7) is 4.43. The molecule has 4 nitrogen and oxygen atoms in total. The molecule has 3 aromatic rings. The third-order valence-electron chi connectivity index (χ3n) is 3.57. The second-order valence-electron chi connectivity index (χ2n) is 5.08. The van der Waals surface area contributed by atoms with Gasteiger partial charge in [-0.15, -0.1) is 0 Å². The van der Waals surface area contributed by atoms with Gasteiger partial charge in [-0.2, -0.15) is 0 Å². The Morgan fingerprint density at radius 2 is 2.05 bits per heavy atom. The SMILES string of the molecule is Cc1ccccc1Cn1ccnc1CNCc1ccco1. The van der Waals surface area contributed by atoms with Crippen molar-refractivity contribution in [2.75, 3.05) is 0 Å². The third kappa shape index (κ3) is 3.41. The van der Waals surface area contributed by atoms with Crippen molar-refractivity contribution in [3.8, 4) is 0 Å². The Bertz CT molecular complexity index is 686. The lowest BCUT2D eigenvalue weighted by Crippen LogP contribution is -2.16. The molecule has 4 heteroatoms. The van der Waals surface area contributed by atoms with Crippen molar-refractivity contribution in [2.24, 2.45) is 0 Å². The maximum absolute atomic E-state index is 5.30. The fourth-order valence-corrected chi connectivity index (χ4v) is 2.33. The Morgan fingerprint density at radius 1 is 1.14 bits per heavy atom. The molecule has 0 aliphatic rings. The average molecular weight is 281 g/mol. The summed E-state index contributed by atoms with van der Waals surface area (Å²) in [4.78, 5) is 4.43. The van der Waals surface area contributed by atoms with Gasteiger partial charge in [-0.05, 0) is 30.2 Å². The van der Waals surface area contributed by atoms with Crippen LogP contribution in [0.3, 0.4) is 0 Å². The minimum atomic E-state index is 0.713. The normalized spacial score (nSPS) is 10.9. The van der Waals surface area contributed by atoms with E-state index in [1.807, 2.05) is 24.5 Å². The van der Waals surface area contributed by atoms with E-state index in [9.17, 15) is 0 Å². The summed E-state index contributed by atoms with van der Waals surface area (Å²) in [5, 5.41) is 3.35. The quantitative estimate of drug-likeness (QED) is 0.755. The van der Waals surface area contributed by atoms with Crippen LogP contribution >= 0.6 is 0 Å². The van der Waals surface area contributed by atoms with Crippen LogP contribution < -0.4 is 5.32 Å². The highest BCUT2D eigenvalue weighted by Gasteiger charge is 2.05. The van der Waals surface area contributed by atoms with E-state index in [4.69, 9.17) is 4.42 Å². The van der Waals surface area contributed by atoms with Gasteiger partial charge in [-0.3, -0.25) is 0 Å². The molecular weight excluding hydrogens is 262 g/mol. The maximum Gasteiger partial charge on any atom is 0.122 e. The van der Waals surface area contributed by atoms with Gasteiger partial charge in [0.15, 0.2) is 0 Å². The van der Waals surface area contributed by atoms with Crippen molar-refractivity contribution in [3.63, 3.8) is 0 Å². The Kier molecular flexibility index (Phi) is 4.17. The van der Waals surface area contributed by atoms with Crippen LogP contribution in [0.4, 0.5) is 0 Å². The molecule has 0 spiro atoms. The number of hydrogen-bond donors (Lipinski definition) is 1. The summed E-state index contributed by atoms with van der Waals surface area (Å²) in [6.07, 6.45) is 5.56. The summed E-state index contributed by atoms with van der Waals surface area (Å²) in [6, 6.07) is 12.3. The van der Waals surface area contributed by atoms with Crippen LogP contribution in [0, 0.1) is 6.92 Å². The second-order valence-corrected chi connectivity index (χ2v) is 5.08. The molecule has 0 fully saturated rings. The molecule has 1 aromatic carbocycles. The predicted molar refractivity (Wildman–Crippen MR) is 81.8 cm³/mol. The lowest BCUT2D eigenvalue weighted by molar-refractivity contribution is 0.477. The van der Waals surface area contributed by atoms with E-state index >= 15 is 0 Å². The molecule has 21 heavy (non-hydrogen) atoms. The molecule has 0 radical (unpaired) electrons. The van der Waals surface area contributed by atoms with Crippen molar-refractivity contribution in [1.82, 2.24) is 14.9 Å². The molecule has 0 unspecified atom stereocenters. The van der Waals surface area contributed by atoms with Crippen LogP contribution in [0.15, 0.2) is 59.5 Å². The van der Waals surface area contributed by atoms with Gasteiger partial charge in [-0.25, -0.2) is 4.98 Å². The summed E-state index contributed by atoms with van der Waals surface area (Å²) < 4.78 is 7.48. The molecule has 0 aliphatic heterocycles. The van der Waals surface area contributed by atoms with E-state index in [1.165, 1.54) is 11.1 Å². The van der Waals surface area contributed by atoms with E-state index in [2.05, 4.69) is 46.1 Å². The number of nitrogens with one attached hydrogen (secondary N) is 1. The highest BCUT2D eigenvalue weighted by molar-refractivity contribution is 5.26. The van der Waals surface area contributed by atoms with Crippen LogP contribution in [-0.2, 0) is 19.6 Å². The average Bonchev–Trinajstić information content (AvgIpc) is 3.14. The van der Waals surface area contributed by atoms with Crippen molar-refractivity contribution in [3.05, 3.63) is 77.8 Å². The second kappa shape index (κ2) is 6.41. The molecule has 0 bridgehead atoms. The summed E-state index contributed by atoms with van der Waals surface area (Å²) >= 11 is 0. The molecule has 0 amide bonds. The van der Waals surface area contributed by atoms with Crippen LogP contribution in [0.25, 0.3) is 0 Å². The zero-order valence-corrected chi connectivity index (χ0v) is 12.1. The van der Waals surface area contributed by atoms with Gasteiger partial charge < -0.3 is 14.3 Å². The number of aromatic nitrogens is 2. The number of furan rings is 1. The highest BCUT2D eigenvalue weighted by Crippen LogP contribution is 2.10. The predicted octanol–water partition coefficient (Wildman–Crippen LogP) is 3.12. The van der Waals surface area contributed by atoms with Gasteiger partial charge in [0.25, 0.3) is 0 Å². The molecule has 0 aliphatic carbocycles. The van der Waals surface area contributed by atoms with Gasteiger partial charge in [0, 0.05) is 18.9 Å². The monoisotopic (exact) mass is 281 g/mol. The van der Waals surface area contributed by atoms with E-state index in [0.717, 1.165) is 24.7 Å². The molecule has 1 N–H and O–H groups in total. The largest absolute Gasteiger partial charge is 0.468 e. The first-order valence-corrected chi connectivity index (χ1v) is 7.10. The Labute approximate surface area is 124 Å². The lowest BCUT2D eigenvalue weighted by atomic mass is 10.1. The number of imidazole rings is 1. The Balaban J connectivity index is 1.62. The van der Waals surface area contributed by atoms with Crippen LogP contribution in [0.1, 0.15) is 22.7 Å². The van der Waals surface area contributed by atoms with Gasteiger partial charge in [-0.1, -0.05) is 24.3 Å². The molecule has 108 valence electrons. The zero-order valence-electron chi connectivity index (χ0n) is 12.1. The van der Waals surface area contributed by atoms with E-state index in [0.29, 0.717) is 6.54 Å². The first-order chi connectivity index (χ1) is 10.3. The number of aryl methyl sites for hydroxylation is 1. The zero-order chi connectivity index (χ0) is 14.5. The van der Waals surface area contributed by atoms with Crippen molar-refractivity contribution < 1.29 is 4.42 Å². The summed E-state index contributed by atoms with van der Waals surface area (Å²) in [5.74, 6) is 1.97. The third-order valence-corrected chi connectivity index (χ3v) is 3.57. The molecule has 2 aromatic heterocycles. The van der Waals surface area contributed by atoms with Crippen LogP contribution in [0.2, 0.25) is 0 Å². The fraction of sp³-hybridized carbons (Fsp3) is 0.235. The van der Waals surface area contributed by atoms with Crippen LogP contribution in [0.5, 0.6) is 0 Å². The standard InChI is InChI=1S/C17H19N3O/c1-14-5-2-3-6-15(14)13-20-9-8-19-17(20)12-18-11-16-7-4-10-21-16/h2-10,18H,11-13H2,1H3. The Hall–Kier alpha value is -2.33. The molecule has 2 heterocycles. The number of nitrogens with zero attached hydrogens (tertiary/aromatic N) is 2. The van der Waals surface area contributed by atoms with Gasteiger partial charge in [0.05, 0.1) is 19.4 Å². The van der Waals surface area contributed by atoms with Crippen molar-refractivity contribution in [1.29, 1.82) is 0 Å². The number of rotatable bonds is 6. The molecule has 0 saturated heterocycles. The van der Waals surface area contributed by atoms with Crippen LogP contribution in [-0.4, -0.2) is 9.55 Å². The molecule has 0 saturated carbocycles. The minimum Gasteiger partial charge on any atom is -0.468 e. The van der Waals surface area contributed by atoms with E-state index in [-0.39, 0.29) is 0 Å². The first kappa shape index (κ1) is 13.6. The van der Waals surface area contributed by atoms with E-state index < -0.39 is 0 Å². The maximum atomic E-state index is 5.30. The molecular formula is C17H19N3O. The molecule has 3 rings (SSSR count). The van der Waals surface area contributed by atoms with Gasteiger partial charge in [0.2, 0.25) is 0 Å². The van der Waals surface area contributed by atoms with Gasteiger partial charge >= 0.3 is 0 Å².